The van der Waals surface area contributed by atoms with Crippen molar-refractivity contribution < 1.29 is 0 Å². The van der Waals surface area contributed by atoms with Gasteiger partial charge in [-0.3, -0.25) is 4.98 Å². The summed E-state index contributed by atoms with van der Waals surface area (Å²) in [5.74, 6) is 0. The molecule has 0 N–H and O–H groups in total. The summed E-state index contributed by atoms with van der Waals surface area (Å²) in [5, 5.41) is 0. The minimum Gasteiger partial charge on any atom is -0.256 e. The molecule has 0 amide bonds. The highest BCUT2D eigenvalue weighted by Gasteiger charge is 1.96. The van der Waals surface area contributed by atoms with Crippen LogP contribution in [0.5, 0.6) is 0 Å². The molecule has 0 spiro atoms. The zero-order chi connectivity index (χ0) is 9.10. The van der Waals surface area contributed by atoms with Crippen molar-refractivity contribution in [2.75, 3.05) is 0 Å². The third kappa shape index (κ3) is 2.06. The normalized spacial score (nSPS) is 9.92. The number of pyridine rings is 1. The van der Waals surface area contributed by atoms with Crippen LogP contribution in [0.2, 0.25) is 0 Å². The van der Waals surface area contributed by atoms with Gasteiger partial charge in [-0.15, -0.1) is 0 Å². The van der Waals surface area contributed by atoms with E-state index >= 15 is 0 Å². The Morgan fingerprint density at radius 2 is 1.92 bits per heavy atom. The fourth-order valence-electron chi connectivity index (χ4n) is 1.18. The highest BCUT2D eigenvalue weighted by molar-refractivity contribution is 14.1. The Hall–Kier alpha value is -0.900. The molecule has 0 radical (unpaired) electrons. The molecule has 2 rings (SSSR count). The molecule has 0 atom stereocenters. The van der Waals surface area contributed by atoms with Crippen LogP contribution in [0.25, 0.3) is 11.3 Å². The summed E-state index contributed by atoms with van der Waals surface area (Å²) in [4.78, 5) is 4.29. The Kier molecular flexibility index (Phi) is 2.59. The van der Waals surface area contributed by atoms with Gasteiger partial charge < -0.3 is 0 Å². The van der Waals surface area contributed by atoms with Gasteiger partial charge in [0, 0.05) is 15.3 Å². The van der Waals surface area contributed by atoms with Crippen LogP contribution in [0.1, 0.15) is 0 Å². The number of halogens is 1. The first-order valence-corrected chi connectivity index (χ1v) is 5.11. The number of rotatable bonds is 1. The van der Waals surface area contributed by atoms with E-state index in [1.165, 1.54) is 9.13 Å². The van der Waals surface area contributed by atoms with Crippen LogP contribution in [0.3, 0.4) is 0 Å². The Labute approximate surface area is 91.0 Å². The van der Waals surface area contributed by atoms with Gasteiger partial charge in [0.25, 0.3) is 0 Å². The molecule has 64 valence electrons. The van der Waals surface area contributed by atoms with Gasteiger partial charge in [-0.2, -0.15) is 0 Å². The molecule has 2 heteroatoms. The minimum absolute atomic E-state index is 1.03. The van der Waals surface area contributed by atoms with Crippen molar-refractivity contribution in [1.29, 1.82) is 0 Å². The molecule has 1 aromatic carbocycles. The standard InChI is InChI=1S/C11H8IN/c12-10-5-3-4-9(8-10)11-6-1-2-7-13-11/h1-8H. The summed E-state index contributed by atoms with van der Waals surface area (Å²) in [5.41, 5.74) is 2.20. The van der Waals surface area contributed by atoms with E-state index < -0.39 is 0 Å². The number of aromatic nitrogens is 1. The van der Waals surface area contributed by atoms with Gasteiger partial charge in [-0.05, 0) is 46.9 Å². The second kappa shape index (κ2) is 3.87. The number of nitrogens with zero attached hydrogens (tertiary/aromatic N) is 1. The van der Waals surface area contributed by atoms with Crippen molar-refractivity contribution in [1.82, 2.24) is 4.98 Å². The van der Waals surface area contributed by atoms with Crippen LogP contribution in [-0.4, -0.2) is 4.98 Å². The first-order valence-electron chi connectivity index (χ1n) is 4.03. The molecule has 0 saturated carbocycles. The predicted molar refractivity (Wildman–Crippen MR) is 62.4 cm³/mol. The Balaban J connectivity index is 2.48. The average Bonchev–Trinajstić information content (AvgIpc) is 2.19. The van der Waals surface area contributed by atoms with Crippen LogP contribution in [0.15, 0.2) is 48.7 Å². The smallest absolute Gasteiger partial charge is 0.0702 e. The Morgan fingerprint density at radius 3 is 2.62 bits per heavy atom. The van der Waals surface area contributed by atoms with Gasteiger partial charge in [0.1, 0.15) is 0 Å². The maximum atomic E-state index is 4.29. The van der Waals surface area contributed by atoms with Crippen molar-refractivity contribution in [3.63, 3.8) is 0 Å². The molecule has 2 aromatic rings. The summed E-state index contributed by atoms with van der Waals surface area (Å²) in [6.07, 6.45) is 1.81. The average molecular weight is 281 g/mol. The molecule has 0 bridgehead atoms. The van der Waals surface area contributed by atoms with E-state index in [9.17, 15) is 0 Å². The third-order valence-electron chi connectivity index (χ3n) is 1.79. The van der Waals surface area contributed by atoms with Crippen molar-refractivity contribution in [2.45, 2.75) is 0 Å². The maximum Gasteiger partial charge on any atom is 0.0702 e. The summed E-state index contributed by atoms with van der Waals surface area (Å²) >= 11 is 2.30. The van der Waals surface area contributed by atoms with E-state index in [0.29, 0.717) is 0 Å². The first kappa shape index (κ1) is 8.69. The fraction of sp³-hybridized carbons (Fsp3) is 0. The molecule has 0 unspecified atom stereocenters. The van der Waals surface area contributed by atoms with Crippen molar-refractivity contribution in [3.8, 4) is 11.3 Å². The SMILES string of the molecule is Ic1cccc(-c2ccccn2)c1. The summed E-state index contributed by atoms with van der Waals surface area (Å²) in [7, 11) is 0. The van der Waals surface area contributed by atoms with Crippen LogP contribution in [0, 0.1) is 3.57 Å². The van der Waals surface area contributed by atoms with Crippen LogP contribution < -0.4 is 0 Å². The van der Waals surface area contributed by atoms with Crippen molar-refractivity contribution in [2.24, 2.45) is 0 Å². The molecule has 0 aliphatic heterocycles. The van der Waals surface area contributed by atoms with Crippen molar-refractivity contribution >= 4 is 22.6 Å². The van der Waals surface area contributed by atoms with Gasteiger partial charge in [0.15, 0.2) is 0 Å². The van der Waals surface area contributed by atoms with Gasteiger partial charge in [-0.25, -0.2) is 0 Å². The zero-order valence-corrected chi connectivity index (χ0v) is 9.10. The first-order chi connectivity index (χ1) is 6.36. The van der Waals surface area contributed by atoms with Crippen molar-refractivity contribution in [3.05, 3.63) is 52.2 Å². The lowest BCUT2D eigenvalue weighted by Crippen LogP contribution is -1.81. The largest absolute Gasteiger partial charge is 0.256 e. The van der Waals surface area contributed by atoms with E-state index in [4.69, 9.17) is 0 Å². The number of hydrogen-bond acceptors (Lipinski definition) is 1. The summed E-state index contributed by atoms with van der Waals surface area (Å²) in [6.45, 7) is 0. The quantitative estimate of drug-likeness (QED) is 0.730. The van der Waals surface area contributed by atoms with Gasteiger partial charge >= 0.3 is 0 Å². The summed E-state index contributed by atoms with van der Waals surface area (Å²) < 4.78 is 1.24. The molecule has 1 aromatic heterocycles. The highest BCUT2D eigenvalue weighted by Crippen LogP contribution is 2.18. The van der Waals surface area contributed by atoms with E-state index in [1.807, 2.05) is 30.5 Å². The monoisotopic (exact) mass is 281 g/mol. The van der Waals surface area contributed by atoms with E-state index in [-0.39, 0.29) is 0 Å². The molecule has 1 nitrogen and oxygen atoms in total. The molecule has 13 heavy (non-hydrogen) atoms. The second-order valence-electron chi connectivity index (χ2n) is 2.73. The topological polar surface area (TPSA) is 12.9 Å². The lowest BCUT2D eigenvalue weighted by atomic mass is 10.1. The van der Waals surface area contributed by atoms with Crippen LogP contribution >= 0.6 is 22.6 Å². The highest BCUT2D eigenvalue weighted by atomic mass is 127. The number of benzene rings is 1. The predicted octanol–water partition coefficient (Wildman–Crippen LogP) is 3.35. The zero-order valence-electron chi connectivity index (χ0n) is 6.94. The molecular weight excluding hydrogens is 273 g/mol. The Bertz CT molecular complexity index is 398. The number of hydrogen-bond donors (Lipinski definition) is 0. The third-order valence-corrected chi connectivity index (χ3v) is 2.46. The molecular formula is C11H8IN. The molecule has 1 heterocycles. The summed E-state index contributed by atoms with van der Waals surface area (Å²) in [6, 6.07) is 14.3. The van der Waals surface area contributed by atoms with E-state index in [1.54, 1.807) is 0 Å². The molecule has 0 saturated heterocycles. The van der Waals surface area contributed by atoms with Gasteiger partial charge in [0.05, 0.1) is 5.69 Å². The van der Waals surface area contributed by atoms with Crippen LogP contribution in [-0.2, 0) is 0 Å². The van der Waals surface area contributed by atoms with E-state index in [0.717, 1.165) is 5.69 Å². The maximum absolute atomic E-state index is 4.29. The lowest BCUT2D eigenvalue weighted by molar-refractivity contribution is 1.32. The Morgan fingerprint density at radius 1 is 1.00 bits per heavy atom. The van der Waals surface area contributed by atoms with Gasteiger partial charge in [-0.1, -0.05) is 18.2 Å². The van der Waals surface area contributed by atoms with E-state index in [2.05, 4.69) is 45.8 Å². The molecule has 0 fully saturated rings. The van der Waals surface area contributed by atoms with Crippen LogP contribution in [0.4, 0.5) is 0 Å². The fourth-order valence-corrected chi connectivity index (χ4v) is 1.72. The van der Waals surface area contributed by atoms with Gasteiger partial charge in [0.2, 0.25) is 0 Å². The lowest BCUT2D eigenvalue weighted by Gasteiger charge is -1.99. The second-order valence-corrected chi connectivity index (χ2v) is 3.97. The minimum atomic E-state index is 1.03. The molecule has 0 aliphatic rings. The molecule has 0 aliphatic carbocycles.